The Labute approximate surface area is 702 Å². The van der Waals surface area contributed by atoms with Crippen LogP contribution in [0, 0.1) is 0 Å². The molecule has 16 aromatic rings. The maximum atomic E-state index is 2.76. The summed E-state index contributed by atoms with van der Waals surface area (Å²) in [6, 6.07) is 139. The lowest BCUT2D eigenvalue weighted by Gasteiger charge is -2.47. The maximum absolute atomic E-state index is 2.76. The fourth-order valence-corrected chi connectivity index (χ4v) is 20.5. The molecular weight excluding hydrogens is 1440 g/mol. The zero-order valence-corrected chi connectivity index (χ0v) is 70.0. The van der Waals surface area contributed by atoms with Gasteiger partial charge in [-0.3, -0.25) is 0 Å². The highest BCUT2D eigenvalue weighted by atomic mass is 15.2. The van der Waals surface area contributed by atoms with Crippen LogP contribution in [0.4, 0.5) is 85.3 Å². The molecule has 0 N–H and O–H groups in total. The molecule has 0 saturated heterocycles. The van der Waals surface area contributed by atoms with Gasteiger partial charge in [-0.1, -0.05) is 332 Å². The fourth-order valence-electron chi connectivity index (χ4n) is 20.5. The number of hydrogen-bond donors (Lipinski definition) is 0. The molecule has 0 spiro atoms. The first-order valence-corrected chi connectivity index (χ1v) is 42.3. The normalized spacial score (nSPS) is 14.8. The Hall–Kier alpha value is -13.4. The zero-order chi connectivity index (χ0) is 81.2. The number of benzene rings is 16. The van der Waals surface area contributed by atoms with Gasteiger partial charge in [0.05, 0.1) is 45.5 Å². The first-order valence-electron chi connectivity index (χ1n) is 42.3. The summed E-state index contributed by atoms with van der Waals surface area (Å²) in [4.78, 5) is 13.1. The minimum atomic E-state index is -0.417. The molecule has 0 aliphatic carbocycles. The SMILES string of the molecule is CC(C)(C)c1cc(-c2ccccc2)c(N2c3cc(N4c5ccccc5C(C)(C)c5ccccc54)ccc3B3c4ccc(N5c6ccccc6C(C)(C)c6ccccc65)cc4N(c4c(-c5ccccc5)cc(C(C)(C)C)cc4-c4ccccc4)c4cc(-c5ccc6c(c5)C(C)(C)c5ccccc5N6c5ccccc5)cc2c43)c(-c2ccccc2)c1. The summed E-state index contributed by atoms with van der Waals surface area (Å²) in [5, 5.41) is 0. The molecule has 0 saturated carbocycles. The van der Waals surface area contributed by atoms with Gasteiger partial charge < -0.3 is 24.5 Å². The Morgan fingerprint density at radius 1 is 0.210 bits per heavy atom. The predicted octanol–water partition coefficient (Wildman–Crippen LogP) is 29.0. The summed E-state index contributed by atoms with van der Waals surface area (Å²) in [6.07, 6.45) is 0. The summed E-state index contributed by atoms with van der Waals surface area (Å²) in [5.74, 6) is 0. The topological polar surface area (TPSA) is 16.2 Å². The number of anilines is 15. The minimum Gasteiger partial charge on any atom is -0.310 e. The lowest BCUT2D eigenvalue weighted by atomic mass is 9.33. The van der Waals surface area contributed by atoms with Crippen molar-refractivity contribution in [3.8, 4) is 55.6 Å². The summed E-state index contributed by atoms with van der Waals surface area (Å²) < 4.78 is 0. The van der Waals surface area contributed by atoms with Gasteiger partial charge in [0, 0.05) is 78.3 Å². The molecule has 576 valence electrons. The number of hydrogen-bond acceptors (Lipinski definition) is 5. The van der Waals surface area contributed by atoms with Crippen molar-refractivity contribution in [1.29, 1.82) is 0 Å². The van der Waals surface area contributed by atoms with Crippen molar-refractivity contribution in [1.82, 2.24) is 0 Å². The van der Waals surface area contributed by atoms with Crippen molar-refractivity contribution in [2.75, 3.05) is 24.5 Å². The van der Waals surface area contributed by atoms with E-state index in [-0.39, 0.29) is 28.4 Å². The molecule has 6 heteroatoms. The predicted molar refractivity (Wildman–Crippen MR) is 505 cm³/mol. The third-order valence-corrected chi connectivity index (χ3v) is 26.6. The highest BCUT2D eigenvalue weighted by molar-refractivity contribution is 7.00. The van der Waals surface area contributed by atoms with Gasteiger partial charge in [-0.05, 0) is 220 Å². The van der Waals surface area contributed by atoms with Crippen LogP contribution in [0.25, 0.3) is 55.6 Å². The molecule has 0 fully saturated rings. The lowest BCUT2D eigenvalue weighted by molar-refractivity contribution is 0.590. The molecule has 5 nitrogen and oxygen atoms in total. The third-order valence-electron chi connectivity index (χ3n) is 26.6. The van der Waals surface area contributed by atoms with Crippen LogP contribution in [0.2, 0.25) is 0 Å². The van der Waals surface area contributed by atoms with Gasteiger partial charge in [0.15, 0.2) is 0 Å². The van der Waals surface area contributed by atoms with Gasteiger partial charge in [0.25, 0.3) is 6.71 Å². The smallest absolute Gasteiger partial charge is 0.252 e. The van der Waals surface area contributed by atoms with E-state index in [1.54, 1.807) is 0 Å². The van der Waals surface area contributed by atoms with Crippen LogP contribution in [0.5, 0.6) is 0 Å². The van der Waals surface area contributed by atoms with Gasteiger partial charge in [0.1, 0.15) is 0 Å². The number of nitrogens with zero attached hydrogens (tertiary/aromatic N) is 5. The monoisotopic (exact) mass is 1530 g/mol. The average Bonchev–Trinajstić information content (AvgIpc) is 0.681. The van der Waals surface area contributed by atoms with E-state index in [4.69, 9.17) is 0 Å². The Balaban J connectivity index is 0.955. The van der Waals surface area contributed by atoms with Crippen LogP contribution in [0.1, 0.15) is 128 Å². The molecule has 0 atom stereocenters. The summed E-state index contributed by atoms with van der Waals surface area (Å²) in [5.41, 5.74) is 40.7. The molecule has 5 aliphatic heterocycles. The largest absolute Gasteiger partial charge is 0.310 e. The van der Waals surface area contributed by atoms with Gasteiger partial charge in [-0.2, -0.15) is 0 Å². The average molecular weight is 1530 g/mol. The van der Waals surface area contributed by atoms with E-state index in [1.165, 1.54) is 95.0 Å². The zero-order valence-electron chi connectivity index (χ0n) is 70.0. The van der Waals surface area contributed by atoms with Crippen LogP contribution in [-0.4, -0.2) is 6.71 Å². The number of rotatable bonds is 10. The van der Waals surface area contributed by atoms with Crippen molar-refractivity contribution >= 4 is 108 Å². The molecule has 5 aliphatic rings. The van der Waals surface area contributed by atoms with Gasteiger partial charge in [-0.25, -0.2) is 0 Å². The summed E-state index contributed by atoms with van der Waals surface area (Å²) in [6.45, 7) is 28.3. The minimum absolute atomic E-state index is 0.241. The van der Waals surface area contributed by atoms with Crippen molar-refractivity contribution in [3.05, 3.63) is 408 Å². The molecule has 21 rings (SSSR count). The van der Waals surface area contributed by atoms with Crippen LogP contribution in [0.3, 0.4) is 0 Å². The van der Waals surface area contributed by atoms with Gasteiger partial charge in [0.2, 0.25) is 0 Å². The Kier molecular flexibility index (Phi) is 16.8. The second-order valence-corrected chi connectivity index (χ2v) is 36.9. The van der Waals surface area contributed by atoms with Crippen LogP contribution < -0.4 is 40.9 Å². The molecule has 0 aromatic heterocycles. The van der Waals surface area contributed by atoms with Crippen LogP contribution >= 0.6 is 0 Å². The first-order chi connectivity index (χ1) is 57.6. The highest BCUT2D eigenvalue weighted by Crippen LogP contribution is 2.61. The Morgan fingerprint density at radius 3 is 0.824 bits per heavy atom. The molecule has 5 heterocycles. The van der Waals surface area contributed by atoms with E-state index in [0.717, 1.165) is 107 Å². The highest BCUT2D eigenvalue weighted by Gasteiger charge is 2.49. The van der Waals surface area contributed by atoms with E-state index in [0.29, 0.717) is 0 Å². The van der Waals surface area contributed by atoms with Crippen molar-refractivity contribution in [2.45, 2.75) is 110 Å². The van der Waals surface area contributed by atoms with E-state index < -0.39 is 5.41 Å². The second kappa shape index (κ2) is 27.3. The Bertz CT molecular complexity index is 6200. The quantitative estimate of drug-likeness (QED) is 0.127. The van der Waals surface area contributed by atoms with Crippen molar-refractivity contribution < 1.29 is 0 Å². The molecule has 0 radical (unpaired) electrons. The first kappa shape index (κ1) is 73.2. The van der Waals surface area contributed by atoms with Gasteiger partial charge >= 0.3 is 0 Å². The lowest BCUT2D eigenvalue weighted by Crippen LogP contribution is -2.61. The van der Waals surface area contributed by atoms with Crippen molar-refractivity contribution in [2.24, 2.45) is 0 Å². The Morgan fingerprint density at radius 2 is 0.496 bits per heavy atom. The van der Waals surface area contributed by atoms with Gasteiger partial charge in [-0.15, -0.1) is 0 Å². The fraction of sp³-hybridized carbons (Fsp3) is 0.150. The summed E-state index contributed by atoms with van der Waals surface area (Å²) in [7, 11) is 0. The van der Waals surface area contributed by atoms with E-state index in [1.807, 2.05) is 0 Å². The third kappa shape index (κ3) is 11.6. The second-order valence-electron chi connectivity index (χ2n) is 36.9. The van der Waals surface area contributed by atoms with E-state index in [2.05, 4.69) is 472 Å². The molecule has 0 bridgehead atoms. The van der Waals surface area contributed by atoms with Crippen LogP contribution in [0.15, 0.2) is 364 Å². The molecular formula is C113H96BN5. The molecule has 0 unspecified atom stereocenters. The standard InChI is InChI=1S/C113H96BN5/c1-109(2,3)79-67-84(73-38-18-13-19-39-73)107(85(68-79)74-40-20-14-21-41-74)118-102-71-82(116-97-54-34-28-48-88(97)111(7,8)89-49-29-35-55-98(89)116)59-61-94(102)114-95-62-60-83(117-99-56-36-30-50-90(99)112(9,10)91-51-31-37-57-100(91)117)72-103(95)119(108-86(75-42-22-15-23-43-75)69-80(110(4,5)6)70-87(108)76-44-24-16-25-45-76)105-66-78(65-104(118)106(105)114)77-58-63-101-93(64-77)113(11,12)92-52-32-33-53-96(92)115(101)81-46-26-17-27-47-81/h13-72H,1-12H3. The van der Waals surface area contributed by atoms with Crippen LogP contribution in [-0.2, 0) is 27.1 Å². The number of para-hydroxylation sites is 6. The molecule has 16 aromatic carbocycles. The van der Waals surface area contributed by atoms with E-state index >= 15 is 0 Å². The molecule has 119 heavy (non-hydrogen) atoms. The van der Waals surface area contributed by atoms with E-state index in [9.17, 15) is 0 Å². The molecule has 0 amide bonds. The van der Waals surface area contributed by atoms with Crippen molar-refractivity contribution in [3.63, 3.8) is 0 Å². The maximum Gasteiger partial charge on any atom is 0.252 e. The summed E-state index contributed by atoms with van der Waals surface area (Å²) >= 11 is 0. The number of fused-ring (bicyclic) bond motifs is 10.